The molecule has 0 aromatic carbocycles. The van der Waals surface area contributed by atoms with Gasteiger partial charge in [0.15, 0.2) is 0 Å². The van der Waals surface area contributed by atoms with Crippen LogP contribution >= 0.6 is 0 Å². The van der Waals surface area contributed by atoms with Crippen molar-refractivity contribution in [1.29, 1.82) is 0 Å². The van der Waals surface area contributed by atoms with Crippen molar-refractivity contribution in [3.63, 3.8) is 0 Å². The summed E-state index contributed by atoms with van der Waals surface area (Å²) >= 11 is 0. The molecule has 2 N–H and O–H groups in total. The Labute approximate surface area is 125 Å². The number of hydrogen-bond acceptors (Lipinski definition) is 5. The van der Waals surface area contributed by atoms with Crippen molar-refractivity contribution in [1.82, 2.24) is 5.32 Å². The highest BCUT2D eigenvalue weighted by molar-refractivity contribution is 5.91. The molecule has 0 aliphatic rings. The smallest absolute Gasteiger partial charge is 0.326 e. The first kappa shape index (κ1) is 19.4. The number of ether oxygens (including phenoxy) is 2. The number of aliphatic carboxylic acids is 1. The highest BCUT2D eigenvalue weighted by atomic mass is 16.6. The maximum absolute atomic E-state index is 12.1. The lowest BCUT2D eigenvalue weighted by molar-refractivity contribution is -0.159. The van der Waals surface area contributed by atoms with Gasteiger partial charge in [0, 0.05) is 7.11 Å². The molecule has 21 heavy (non-hydrogen) atoms. The largest absolute Gasteiger partial charge is 0.480 e. The topological polar surface area (TPSA) is 102 Å². The molecule has 0 rings (SSSR count). The second-order valence-corrected chi connectivity index (χ2v) is 5.94. The van der Waals surface area contributed by atoms with Gasteiger partial charge in [-0.3, -0.25) is 9.59 Å². The Balaban J connectivity index is 4.83. The zero-order valence-electron chi connectivity index (χ0n) is 13.5. The number of carbonyl (C=O) groups is 3. The number of nitrogens with one attached hydrogen (secondary N) is 1. The van der Waals surface area contributed by atoms with Gasteiger partial charge < -0.3 is 19.9 Å². The standard InChI is InChI=1S/C14H25NO6/c1-7-14(5,20-6)12(19)15-9(11(17)18)8-10(16)21-13(2,3)4/h9H,7-8H2,1-6H3,(H,15,19)(H,17,18)/t9-,14?/m0/s1. The first-order valence-corrected chi connectivity index (χ1v) is 6.76. The van der Waals surface area contributed by atoms with Gasteiger partial charge in [-0.15, -0.1) is 0 Å². The van der Waals surface area contributed by atoms with Gasteiger partial charge in [0.2, 0.25) is 0 Å². The van der Waals surface area contributed by atoms with Gasteiger partial charge in [-0.2, -0.15) is 0 Å². The van der Waals surface area contributed by atoms with Crippen LogP contribution in [0.25, 0.3) is 0 Å². The van der Waals surface area contributed by atoms with Crippen molar-refractivity contribution in [2.75, 3.05) is 7.11 Å². The van der Waals surface area contributed by atoms with Gasteiger partial charge in [0.25, 0.3) is 5.91 Å². The summed E-state index contributed by atoms with van der Waals surface area (Å²) in [4.78, 5) is 34.9. The minimum atomic E-state index is -1.35. The van der Waals surface area contributed by atoms with Crippen molar-refractivity contribution < 1.29 is 29.0 Å². The molecule has 0 spiro atoms. The minimum Gasteiger partial charge on any atom is -0.480 e. The Morgan fingerprint density at radius 3 is 2.05 bits per heavy atom. The Morgan fingerprint density at radius 2 is 1.71 bits per heavy atom. The zero-order valence-corrected chi connectivity index (χ0v) is 13.5. The maximum atomic E-state index is 12.1. The van der Waals surface area contributed by atoms with Gasteiger partial charge in [0.1, 0.15) is 17.2 Å². The molecule has 0 aliphatic heterocycles. The molecule has 0 aliphatic carbocycles. The molecule has 0 saturated heterocycles. The van der Waals surface area contributed by atoms with E-state index in [9.17, 15) is 14.4 Å². The van der Waals surface area contributed by atoms with Crippen molar-refractivity contribution in [2.24, 2.45) is 0 Å². The highest BCUT2D eigenvalue weighted by Crippen LogP contribution is 2.15. The Hall–Kier alpha value is -1.63. The summed E-state index contributed by atoms with van der Waals surface area (Å²) in [5, 5.41) is 11.4. The Kier molecular flexibility index (Phi) is 6.82. The van der Waals surface area contributed by atoms with Gasteiger partial charge >= 0.3 is 11.9 Å². The molecule has 0 radical (unpaired) electrons. The molecule has 122 valence electrons. The molecule has 0 fully saturated rings. The third kappa shape index (κ3) is 6.57. The molecule has 1 unspecified atom stereocenters. The summed E-state index contributed by atoms with van der Waals surface area (Å²) in [7, 11) is 1.37. The molecule has 0 heterocycles. The fraction of sp³-hybridized carbons (Fsp3) is 0.786. The number of amides is 1. The molecular formula is C14H25NO6. The lowest BCUT2D eigenvalue weighted by atomic mass is 10.0. The van der Waals surface area contributed by atoms with Crippen LogP contribution in [-0.2, 0) is 23.9 Å². The summed E-state index contributed by atoms with van der Waals surface area (Å²) < 4.78 is 10.1. The van der Waals surface area contributed by atoms with Crippen LogP contribution in [0.1, 0.15) is 47.5 Å². The third-order valence-corrected chi connectivity index (χ3v) is 3.00. The van der Waals surface area contributed by atoms with E-state index in [0.717, 1.165) is 0 Å². The number of hydrogen-bond donors (Lipinski definition) is 2. The zero-order chi connectivity index (χ0) is 16.8. The van der Waals surface area contributed by atoms with Crippen LogP contribution in [0, 0.1) is 0 Å². The van der Waals surface area contributed by atoms with Crippen LogP contribution in [-0.4, -0.2) is 47.3 Å². The number of methoxy groups -OCH3 is 1. The number of rotatable bonds is 7. The second-order valence-electron chi connectivity index (χ2n) is 5.94. The molecule has 0 bridgehead atoms. The number of carboxylic acid groups (broad SMARTS) is 1. The Morgan fingerprint density at radius 1 is 1.19 bits per heavy atom. The van der Waals surface area contributed by atoms with Crippen LogP contribution in [0.2, 0.25) is 0 Å². The van der Waals surface area contributed by atoms with E-state index in [1.54, 1.807) is 34.6 Å². The fourth-order valence-electron chi connectivity index (χ4n) is 1.46. The maximum Gasteiger partial charge on any atom is 0.326 e. The van der Waals surface area contributed by atoms with E-state index in [2.05, 4.69) is 5.32 Å². The van der Waals surface area contributed by atoms with Crippen molar-refractivity contribution >= 4 is 17.8 Å². The molecular weight excluding hydrogens is 278 g/mol. The lowest BCUT2D eigenvalue weighted by Crippen LogP contribution is -2.52. The van der Waals surface area contributed by atoms with Crippen LogP contribution in [0.5, 0.6) is 0 Å². The Bertz CT molecular complexity index is 395. The first-order valence-electron chi connectivity index (χ1n) is 6.76. The summed E-state index contributed by atoms with van der Waals surface area (Å²) in [6.45, 7) is 8.33. The predicted molar refractivity (Wildman–Crippen MR) is 75.7 cm³/mol. The van der Waals surface area contributed by atoms with Crippen LogP contribution in [0.3, 0.4) is 0 Å². The van der Waals surface area contributed by atoms with Crippen molar-refractivity contribution in [2.45, 2.75) is 64.7 Å². The summed E-state index contributed by atoms with van der Waals surface area (Å²) in [5.41, 5.74) is -1.85. The van der Waals surface area contributed by atoms with Gasteiger partial charge in [0.05, 0.1) is 6.42 Å². The summed E-state index contributed by atoms with van der Waals surface area (Å²) in [6.07, 6.45) is -0.0735. The van der Waals surface area contributed by atoms with E-state index in [1.807, 2.05) is 0 Å². The quantitative estimate of drug-likeness (QED) is 0.683. The van der Waals surface area contributed by atoms with Crippen molar-refractivity contribution in [3.05, 3.63) is 0 Å². The molecule has 1 amide bonds. The highest BCUT2D eigenvalue weighted by Gasteiger charge is 2.35. The second kappa shape index (κ2) is 7.40. The van der Waals surface area contributed by atoms with E-state index in [0.29, 0.717) is 6.42 Å². The molecule has 0 saturated carbocycles. The van der Waals surface area contributed by atoms with E-state index >= 15 is 0 Å². The minimum absolute atomic E-state index is 0.369. The van der Waals surface area contributed by atoms with Gasteiger partial charge in [-0.1, -0.05) is 6.92 Å². The van der Waals surface area contributed by atoms with E-state index in [-0.39, 0.29) is 0 Å². The summed E-state index contributed by atoms with van der Waals surface area (Å²) in [6, 6.07) is -1.35. The number of carboxylic acids is 1. The fourth-order valence-corrected chi connectivity index (χ4v) is 1.46. The van der Waals surface area contributed by atoms with Crippen molar-refractivity contribution in [3.8, 4) is 0 Å². The summed E-state index contributed by atoms with van der Waals surface area (Å²) in [5.74, 6) is -2.57. The van der Waals surface area contributed by atoms with E-state index in [4.69, 9.17) is 14.6 Å². The van der Waals surface area contributed by atoms with Gasteiger partial charge in [-0.05, 0) is 34.1 Å². The monoisotopic (exact) mass is 303 g/mol. The normalized spacial score (nSPS) is 15.7. The molecule has 7 nitrogen and oxygen atoms in total. The average molecular weight is 303 g/mol. The van der Waals surface area contributed by atoms with Crippen LogP contribution in [0.4, 0.5) is 0 Å². The SMILES string of the molecule is CCC(C)(OC)C(=O)N[C@@H](CC(=O)OC(C)(C)C)C(=O)O. The first-order chi connectivity index (χ1) is 9.45. The number of carbonyl (C=O) groups excluding carboxylic acids is 2. The lowest BCUT2D eigenvalue weighted by Gasteiger charge is -2.27. The third-order valence-electron chi connectivity index (χ3n) is 3.00. The van der Waals surface area contributed by atoms with E-state index in [1.165, 1.54) is 7.11 Å². The average Bonchev–Trinajstić information content (AvgIpc) is 2.34. The van der Waals surface area contributed by atoms with Crippen LogP contribution in [0.15, 0.2) is 0 Å². The number of esters is 1. The van der Waals surface area contributed by atoms with Crippen LogP contribution < -0.4 is 5.32 Å². The van der Waals surface area contributed by atoms with E-state index < -0.39 is 41.5 Å². The molecule has 0 aromatic rings. The van der Waals surface area contributed by atoms with Gasteiger partial charge in [-0.25, -0.2) is 4.79 Å². The molecule has 0 aromatic heterocycles. The molecule has 7 heteroatoms. The predicted octanol–water partition coefficient (Wildman–Crippen LogP) is 1.10. The molecule has 2 atom stereocenters.